The van der Waals surface area contributed by atoms with Gasteiger partial charge in [-0.1, -0.05) is 17.3 Å². The minimum Gasteiger partial charge on any atom is -0.493 e. The van der Waals surface area contributed by atoms with Gasteiger partial charge in [0.25, 0.3) is 0 Å². The van der Waals surface area contributed by atoms with Crippen molar-refractivity contribution in [3.05, 3.63) is 47.8 Å². The lowest BCUT2D eigenvalue weighted by Crippen LogP contribution is -2.61. The predicted octanol–water partition coefficient (Wildman–Crippen LogP) is 5.63. The Kier molecular flexibility index (Phi) is 8.05. The van der Waals surface area contributed by atoms with Crippen LogP contribution in [0.15, 0.2) is 41.6 Å². The Balaban J connectivity index is 1.05. The maximum Gasteiger partial charge on any atom is 0.311 e. The van der Waals surface area contributed by atoms with Gasteiger partial charge in [-0.3, -0.25) is 9.69 Å². The number of ether oxygens (including phenoxy) is 3. The second-order valence-corrected chi connectivity index (χ2v) is 12.5. The molecule has 0 N–H and O–H groups in total. The summed E-state index contributed by atoms with van der Waals surface area (Å²) in [5, 5.41) is 4.47. The average molecular weight is 580 g/mol. The Labute approximate surface area is 247 Å². The number of piperidine rings is 1. The first-order valence-electron chi connectivity index (χ1n) is 15.4. The van der Waals surface area contributed by atoms with Gasteiger partial charge in [-0.05, 0) is 76.1 Å². The van der Waals surface area contributed by atoms with Crippen molar-refractivity contribution in [2.24, 2.45) is 16.5 Å². The number of carbonyl (C=O) groups is 1. The standard InChI is InChI=1S/C33H42FN3O5/c1-4-39-28-16-24(8-10-26(28)27-11-9-25(34)17-29(27)41-20-23-6-7-23)19-36-21-33(22-36)18-30(35-42-33)37-14-12-32(3,13-15-37)31(38)40-5-2/h8-11,16-17,23H,4-7,12-15,18-22H2,1-3H3. The lowest BCUT2D eigenvalue weighted by molar-refractivity contribution is -0.156. The predicted molar refractivity (Wildman–Crippen MR) is 158 cm³/mol. The Bertz CT molecular complexity index is 1330. The molecular formula is C33H42FN3O5. The fourth-order valence-electron chi connectivity index (χ4n) is 6.24. The monoisotopic (exact) mass is 579 g/mol. The minimum atomic E-state index is -0.421. The molecule has 0 unspecified atom stereocenters. The van der Waals surface area contributed by atoms with Crippen LogP contribution < -0.4 is 9.47 Å². The molecule has 2 aromatic carbocycles. The molecule has 1 saturated carbocycles. The van der Waals surface area contributed by atoms with Gasteiger partial charge in [0.15, 0.2) is 5.60 Å². The van der Waals surface area contributed by atoms with Gasteiger partial charge in [0, 0.05) is 49.9 Å². The summed E-state index contributed by atoms with van der Waals surface area (Å²) in [6.45, 7) is 11.3. The van der Waals surface area contributed by atoms with Gasteiger partial charge in [-0.15, -0.1) is 0 Å². The molecule has 3 aliphatic heterocycles. The van der Waals surface area contributed by atoms with Gasteiger partial charge in [-0.25, -0.2) is 4.39 Å². The zero-order chi connectivity index (χ0) is 29.3. The van der Waals surface area contributed by atoms with Crippen molar-refractivity contribution in [1.29, 1.82) is 0 Å². The van der Waals surface area contributed by atoms with E-state index in [4.69, 9.17) is 19.0 Å². The smallest absolute Gasteiger partial charge is 0.311 e. The lowest BCUT2D eigenvalue weighted by Gasteiger charge is -2.45. The summed E-state index contributed by atoms with van der Waals surface area (Å²) in [6, 6.07) is 11.0. The largest absolute Gasteiger partial charge is 0.493 e. The summed E-state index contributed by atoms with van der Waals surface area (Å²) >= 11 is 0. The van der Waals surface area contributed by atoms with E-state index in [1.165, 1.54) is 25.0 Å². The molecule has 0 aromatic heterocycles. The van der Waals surface area contributed by atoms with Crippen LogP contribution in [0.2, 0.25) is 0 Å². The molecule has 1 spiro atoms. The van der Waals surface area contributed by atoms with E-state index < -0.39 is 5.41 Å². The van der Waals surface area contributed by atoms with E-state index in [9.17, 15) is 9.18 Å². The van der Waals surface area contributed by atoms with E-state index in [1.54, 1.807) is 6.07 Å². The summed E-state index contributed by atoms with van der Waals surface area (Å²) in [7, 11) is 0. The van der Waals surface area contributed by atoms with Gasteiger partial charge >= 0.3 is 5.97 Å². The van der Waals surface area contributed by atoms with E-state index in [2.05, 4.69) is 33.2 Å². The first-order valence-corrected chi connectivity index (χ1v) is 15.4. The number of likely N-dealkylation sites (tertiary alicyclic amines) is 2. The van der Waals surface area contributed by atoms with Crippen molar-refractivity contribution in [3.63, 3.8) is 0 Å². The van der Waals surface area contributed by atoms with Crippen LogP contribution >= 0.6 is 0 Å². The number of hydrogen-bond donors (Lipinski definition) is 0. The highest BCUT2D eigenvalue weighted by Gasteiger charge is 2.51. The van der Waals surface area contributed by atoms with Crippen LogP contribution in [-0.2, 0) is 20.9 Å². The maximum atomic E-state index is 14.1. The fraction of sp³-hybridized carbons (Fsp3) is 0.576. The second kappa shape index (κ2) is 11.7. The molecule has 42 heavy (non-hydrogen) atoms. The van der Waals surface area contributed by atoms with Gasteiger partial charge in [-0.2, -0.15) is 0 Å². The highest BCUT2D eigenvalue weighted by molar-refractivity contribution is 5.85. The fourth-order valence-corrected chi connectivity index (χ4v) is 6.24. The average Bonchev–Trinajstić information content (AvgIpc) is 3.69. The van der Waals surface area contributed by atoms with Crippen LogP contribution in [0.3, 0.4) is 0 Å². The quantitative estimate of drug-likeness (QED) is 0.338. The molecule has 1 aliphatic carbocycles. The Morgan fingerprint density at radius 3 is 2.43 bits per heavy atom. The Morgan fingerprint density at radius 1 is 1.02 bits per heavy atom. The molecule has 3 fully saturated rings. The summed E-state index contributed by atoms with van der Waals surface area (Å²) in [4.78, 5) is 23.0. The van der Waals surface area contributed by atoms with Crippen LogP contribution in [0.1, 0.15) is 58.4 Å². The van der Waals surface area contributed by atoms with Crippen molar-refractivity contribution < 1.29 is 28.2 Å². The van der Waals surface area contributed by atoms with Crippen LogP contribution in [0, 0.1) is 17.2 Å². The number of esters is 1. The third-order valence-electron chi connectivity index (χ3n) is 9.01. The molecular weight excluding hydrogens is 537 g/mol. The zero-order valence-corrected chi connectivity index (χ0v) is 25.0. The number of hydrogen-bond acceptors (Lipinski definition) is 8. The number of halogens is 1. The van der Waals surface area contributed by atoms with Crippen molar-refractivity contribution in [3.8, 4) is 22.6 Å². The van der Waals surface area contributed by atoms with E-state index >= 15 is 0 Å². The summed E-state index contributed by atoms with van der Waals surface area (Å²) in [6.07, 6.45) is 4.66. The molecule has 0 bridgehead atoms. The lowest BCUT2D eigenvalue weighted by atomic mass is 9.80. The van der Waals surface area contributed by atoms with Gasteiger partial charge in [0.1, 0.15) is 23.2 Å². The van der Waals surface area contributed by atoms with Crippen LogP contribution in [0.25, 0.3) is 11.1 Å². The van der Waals surface area contributed by atoms with Crippen molar-refractivity contribution in [1.82, 2.24) is 9.80 Å². The third kappa shape index (κ3) is 6.07. The number of nitrogens with zero attached hydrogens (tertiary/aromatic N) is 3. The Morgan fingerprint density at radius 2 is 1.74 bits per heavy atom. The molecule has 0 amide bonds. The third-order valence-corrected chi connectivity index (χ3v) is 9.01. The first-order chi connectivity index (χ1) is 20.3. The number of carbonyl (C=O) groups excluding carboxylic acids is 1. The number of rotatable bonds is 10. The second-order valence-electron chi connectivity index (χ2n) is 12.5. The van der Waals surface area contributed by atoms with E-state index in [0.29, 0.717) is 31.5 Å². The molecule has 0 radical (unpaired) electrons. The Hall–Kier alpha value is -3.33. The van der Waals surface area contributed by atoms with Crippen LogP contribution in [0.5, 0.6) is 11.5 Å². The maximum absolute atomic E-state index is 14.1. The highest BCUT2D eigenvalue weighted by Crippen LogP contribution is 2.41. The first kappa shape index (κ1) is 28.8. The topological polar surface area (TPSA) is 72.8 Å². The normalized spacial score (nSPS) is 21.0. The molecule has 8 nitrogen and oxygen atoms in total. The molecule has 6 rings (SSSR count). The van der Waals surface area contributed by atoms with Gasteiger partial charge in [0.2, 0.25) is 0 Å². The molecule has 4 aliphatic rings. The minimum absolute atomic E-state index is 0.0964. The number of amidine groups is 1. The number of oxime groups is 1. The van der Waals surface area contributed by atoms with Gasteiger partial charge in [0.05, 0.1) is 31.7 Å². The van der Waals surface area contributed by atoms with Gasteiger partial charge < -0.3 is 23.9 Å². The highest BCUT2D eigenvalue weighted by atomic mass is 19.1. The van der Waals surface area contributed by atoms with Crippen molar-refractivity contribution in [2.75, 3.05) is 46.0 Å². The van der Waals surface area contributed by atoms with E-state index in [1.807, 2.05) is 20.8 Å². The van der Waals surface area contributed by atoms with Crippen LogP contribution in [0.4, 0.5) is 4.39 Å². The zero-order valence-electron chi connectivity index (χ0n) is 25.0. The molecule has 0 atom stereocenters. The summed E-state index contributed by atoms with van der Waals surface area (Å²) < 4.78 is 31.5. The van der Waals surface area contributed by atoms with Crippen molar-refractivity contribution >= 4 is 11.8 Å². The molecule has 9 heteroatoms. The molecule has 226 valence electrons. The molecule has 2 saturated heterocycles. The SMILES string of the molecule is CCOC(=O)C1(C)CCN(C2=NOC3(C2)CN(Cc2ccc(-c4ccc(F)cc4OCC4CC4)c(OCC)c2)C3)CC1. The molecule has 2 aromatic rings. The van der Waals surface area contributed by atoms with E-state index in [-0.39, 0.29) is 17.4 Å². The molecule has 3 heterocycles. The number of benzene rings is 2. The summed E-state index contributed by atoms with van der Waals surface area (Å²) in [5.74, 6) is 2.50. The van der Waals surface area contributed by atoms with E-state index in [0.717, 1.165) is 80.3 Å². The summed E-state index contributed by atoms with van der Waals surface area (Å²) in [5.41, 5.74) is 2.20. The van der Waals surface area contributed by atoms with Crippen LogP contribution in [-0.4, -0.2) is 73.2 Å². The van der Waals surface area contributed by atoms with Crippen molar-refractivity contribution in [2.45, 2.75) is 65.0 Å².